The summed E-state index contributed by atoms with van der Waals surface area (Å²) in [6.45, 7) is 5.18. The number of rotatable bonds is 7. The van der Waals surface area contributed by atoms with Gasteiger partial charge in [-0.05, 0) is 37.3 Å². The molecule has 1 saturated heterocycles. The van der Waals surface area contributed by atoms with Gasteiger partial charge in [0.25, 0.3) is 0 Å². The molecule has 2 nitrogen and oxygen atoms in total. The largest absolute Gasteiger partial charge is 0.493 e. The maximum Gasteiger partial charge on any atom is 0.167 e. The number of hydrogen-bond donors (Lipinski definition) is 0. The molecule has 0 aliphatic carbocycles. The lowest BCUT2D eigenvalue weighted by molar-refractivity contribution is -0.0200. The predicted molar refractivity (Wildman–Crippen MR) is 104 cm³/mol. The Morgan fingerprint density at radius 2 is 1.79 bits per heavy atom. The lowest BCUT2D eigenvalue weighted by Gasteiger charge is -2.29. The summed E-state index contributed by atoms with van der Waals surface area (Å²) in [6.07, 6.45) is 3.99. The molecule has 0 radical (unpaired) electrons. The van der Waals surface area contributed by atoms with Gasteiger partial charge in [-0.25, -0.2) is 13.2 Å². The summed E-state index contributed by atoms with van der Waals surface area (Å²) in [5, 5.41) is 0. The second-order valence-electron chi connectivity index (χ2n) is 7.35. The van der Waals surface area contributed by atoms with E-state index in [-0.39, 0.29) is 16.7 Å². The Labute approximate surface area is 164 Å². The van der Waals surface area contributed by atoms with Crippen molar-refractivity contribution in [3.05, 3.63) is 53.3 Å². The predicted octanol–water partition coefficient (Wildman–Crippen LogP) is 6.83. The molecule has 0 N–H and O–H groups in total. The molecule has 2 unspecified atom stereocenters. The van der Waals surface area contributed by atoms with Crippen LogP contribution in [0.3, 0.4) is 0 Å². The van der Waals surface area contributed by atoms with E-state index in [1.807, 2.05) is 6.92 Å². The first kappa shape index (κ1) is 20.7. The molecular weight excluding hydrogens is 365 g/mol. The van der Waals surface area contributed by atoms with Gasteiger partial charge in [0.15, 0.2) is 11.6 Å². The Kier molecular flexibility index (Phi) is 7.00. The van der Waals surface area contributed by atoms with Crippen LogP contribution in [0.15, 0.2) is 30.3 Å². The first-order valence-electron chi connectivity index (χ1n) is 10.1. The van der Waals surface area contributed by atoms with Crippen LogP contribution in [0.25, 0.3) is 11.1 Å². The molecule has 0 bridgehead atoms. The Bertz CT molecular complexity index is 799. The molecule has 0 spiro atoms. The van der Waals surface area contributed by atoms with Crippen molar-refractivity contribution >= 4 is 0 Å². The fourth-order valence-corrected chi connectivity index (χ4v) is 3.53. The first-order chi connectivity index (χ1) is 13.5. The van der Waals surface area contributed by atoms with Gasteiger partial charge in [0.1, 0.15) is 11.6 Å². The molecule has 0 amide bonds. The average molecular weight is 392 g/mol. The lowest BCUT2D eigenvalue weighted by Crippen LogP contribution is -2.21. The van der Waals surface area contributed by atoms with Gasteiger partial charge in [0.2, 0.25) is 0 Å². The highest BCUT2D eigenvalue weighted by molar-refractivity contribution is 5.66. The Balaban J connectivity index is 1.81. The average Bonchev–Trinajstić information content (AvgIpc) is 2.71. The van der Waals surface area contributed by atoms with Gasteiger partial charge < -0.3 is 9.47 Å². The smallest absolute Gasteiger partial charge is 0.167 e. The number of benzene rings is 2. The van der Waals surface area contributed by atoms with Crippen molar-refractivity contribution in [2.45, 2.75) is 52.1 Å². The SMILES string of the molecule is CCCCOc1ccc(-c2ccc(C3CCC(CC)CO3)c(F)c2F)c(F)c1. The fraction of sp³-hybridized carbons (Fsp3) is 0.478. The lowest BCUT2D eigenvalue weighted by atomic mass is 9.92. The van der Waals surface area contributed by atoms with E-state index in [1.54, 1.807) is 6.07 Å². The molecular formula is C23H27F3O2. The van der Waals surface area contributed by atoms with E-state index in [2.05, 4.69) is 6.92 Å². The zero-order valence-corrected chi connectivity index (χ0v) is 16.4. The molecule has 28 heavy (non-hydrogen) atoms. The minimum Gasteiger partial charge on any atom is -0.493 e. The van der Waals surface area contributed by atoms with Gasteiger partial charge in [-0.15, -0.1) is 0 Å². The summed E-state index contributed by atoms with van der Waals surface area (Å²) in [6, 6.07) is 7.16. The van der Waals surface area contributed by atoms with E-state index in [0.29, 0.717) is 31.3 Å². The van der Waals surface area contributed by atoms with Crippen LogP contribution in [0.4, 0.5) is 13.2 Å². The first-order valence-corrected chi connectivity index (χ1v) is 10.1. The van der Waals surface area contributed by atoms with Crippen LogP contribution in [0.2, 0.25) is 0 Å². The monoisotopic (exact) mass is 392 g/mol. The summed E-state index contributed by atoms with van der Waals surface area (Å²) >= 11 is 0. The van der Waals surface area contributed by atoms with Gasteiger partial charge >= 0.3 is 0 Å². The Morgan fingerprint density at radius 3 is 2.43 bits per heavy atom. The third kappa shape index (κ3) is 4.52. The van der Waals surface area contributed by atoms with Crippen molar-refractivity contribution in [2.24, 2.45) is 5.92 Å². The van der Waals surface area contributed by atoms with Crippen molar-refractivity contribution in [3.63, 3.8) is 0 Å². The van der Waals surface area contributed by atoms with Crippen LogP contribution in [0, 0.1) is 23.4 Å². The maximum absolute atomic E-state index is 14.7. The van der Waals surface area contributed by atoms with E-state index in [1.165, 1.54) is 24.3 Å². The van der Waals surface area contributed by atoms with E-state index in [9.17, 15) is 13.2 Å². The highest BCUT2D eigenvalue weighted by Gasteiger charge is 2.27. The number of hydrogen-bond acceptors (Lipinski definition) is 2. The summed E-state index contributed by atoms with van der Waals surface area (Å²) in [5.41, 5.74) is 0.123. The van der Waals surface area contributed by atoms with Crippen molar-refractivity contribution in [2.75, 3.05) is 13.2 Å². The Hall–Kier alpha value is -2.01. The van der Waals surface area contributed by atoms with Crippen molar-refractivity contribution in [1.82, 2.24) is 0 Å². The number of ether oxygens (including phenoxy) is 2. The van der Waals surface area contributed by atoms with Crippen LogP contribution in [0.1, 0.15) is 57.6 Å². The quantitative estimate of drug-likeness (QED) is 0.481. The van der Waals surface area contributed by atoms with Gasteiger partial charge in [0, 0.05) is 22.8 Å². The van der Waals surface area contributed by atoms with Crippen LogP contribution in [-0.4, -0.2) is 13.2 Å². The Morgan fingerprint density at radius 1 is 1.00 bits per heavy atom. The van der Waals surface area contributed by atoms with Crippen LogP contribution < -0.4 is 4.74 Å². The molecule has 2 aromatic rings. The highest BCUT2D eigenvalue weighted by atomic mass is 19.2. The molecule has 0 aromatic heterocycles. The molecule has 2 aromatic carbocycles. The standard InChI is InChI=1S/C23H27F3O2/c1-3-5-12-27-16-7-8-17(20(24)13-16)18-9-10-19(23(26)22(18)25)21-11-6-15(4-2)14-28-21/h7-10,13,15,21H,3-6,11-12,14H2,1-2H3. The van der Waals surface area contributed by atoms with Crippen molar-refractivity contribution < 1.29 is 22.6 Å². The minimum atomic E-state index is -1.04. The molecule has 152 valence electrons. The topological polar surface area (TPSA) is 18.5 Å². The highest BCUT2D eigenvalue weighted by Crippen LogP contribution is 2.37. The molecule has 1 aliphatic heterocycles. The summed E-state index contributed by atoms with van der Waals surface area (Å²) < 4.78 is 55.2. The van der Waals surface area contributed by atoms with Crippen LogP contribution >= 0.6 is 0 Å². The third-order valence-corrected chi connectivity index (χ3v) is 5.40. The van der Waals surface area contributed by atoms with E-state index in [4.69, 9.17) is 9.47 Å². The van der Waals surface area contributed by atoms with Crippen LogP contribution in [-0.2, 0) is 4.74 Å². The van der Waals surface area contributed by atoms with Crippen LogP contribution in [0.5, 0.6) is 5.75 Å². The van der Waals surface area contributed by atoms with E-state index in [0.717, 1.165) is 25.7 Å². The molecule has 3 rings (SSSR count). The van der Waals surface area contributed by atoms with Crippen molar-refractivity contribution in [1.29, 1.82) is 0 Å². The molecule has 5 heteroatoms. The zero-order valence-electron chi connectivity index (χ0n) is 16.4. The molecule has 1 aliphatic rings. The zero-order chi connectivity index (χ0) is 20.1. The maximum atomic E-state index is 14.7. The summed E-state index contributed by atoms with van der Waals surface area (Å²) in [4.78, 5) is 0. The van der Waals surface area contributed by atoms with Gasteiger partial charge in [0.05, 0.1) is 19.3 Å². The second kappa shape index (κ2) is 9.46. The summed E-state index contributed by atoms with van der Waals surface area (Å²) in [7, 11) is 0. The summed E-state index contributed by atoms with van der Waals surface area (Å²) in [5.74, 6) is -1.79. The van der Waals surface area contributed by atoms with Gasteiger partial charge in [-0.1, -0.05) is 38.8 Å². The minimum absolute atomic E-state index is 0.0152. The molecule has 1 heterocycles. The van der Waals surface area contributed by atoms with Gasteiger partial charge in [-0.2, -0.15) is 0 Å². The second-order valence-corrected chi connectivity index (χ2v) is 7.35. The van der Waals surface area contributed by atoms with Gasteiger partial charge in [-0.3, -0.25) is 0 Å². The number of halogens is 3. The van der Waals surface area contributed by atoms with Crippen molar-refractivity contribution in [3.8, 4) is 16.9 Å². The molecule has 2 atom stereocenters. The normalized spacial score (nSPS) is 19.6. The molecule has 0 saturated carbocycles. The third-order valence-electron chi connectivity index (χ3n) is 5.40. The van der Waals surface area contributed by atoms with E-state index < -0.39 is 23.6 Å². The number of unbranched alkanes of at least 4 members (excludes halogenated alkanes) is 1. The van der Waals surface area contributed by atoms with E-state index >= 15 is 0 Å². The molecule has 1 fully saturated rings. The fourth-order valence-electron chi connectivity index (χ4n) is 3.53.